The third-order valence-electron chi connectivity index (χ3n) is 8.17. The van der Waals surface area contributed by atoms with E-state index in [1.165, 1.54) is 49.6 Å². The number of methoxy groups -OCH3 is 1. The van der Waals surface area contributed by atoms with Crippen molar-refractivity contribution in [3.8, 4) is 23.0 Å². The molecule has 0 bridgehead atoms. The maximum atomic E-state index is 12.4. The molecule has 27 heteroatoms. The molecule has 6 aromatic carbocycles. The van der Waals surface area contributed by atoms with Gasteiger partial charge < -0.3 is 20.1 Å². The van der Waals surface area contributed by atoms with E-state index in [2.05, 4.69) is 40.9 Å². The van der Waals surface area contributed by atoms with Gasteiger partial charge in [-0.25, -0.2) is 0 Å². The molecular weight excluding hydrogens is 883 g/mol. The molecular formula is C35H25N9O15S3. The third kappa shape index (κ3) is 10.0. The first-order valence-corrected chi connectivity index (χ1v) is 21.0. The maximum Gasteiger partial charge on any atom is 0.297 e. The second kappa shape index (κ2) is 17.1. The highest BCUT2D eigenvalue weighted by Crippen LogP contribution is 2.45. The van der Waals surface area contributed by atoms with Crippen molar-refractivity contribution in [2.24, 2.45) is 40.9 Å². The number of rotatable bonds is 13. The maximum absolute atomic E-state index is 12.4. The van der Waals surface area contributed by atoms with Crippen LogP contribution in [0.2, 0.25) is 0 Å². The van der Waals surface area contributed by atoms with Crippen LogP contribution in [0.3, 0.4) is 0 Å². The minimum absolute atomic E-state index is 0.0184. The second-order valence-electron chi connectivity index (χ2n) is 12.3. The van der Waals surface area contributed by atoms with Gasteiger partial charge in [-0.2, -0.15) is 40.6 Å². The fraction of sp³-hybridized carbons (Fsp3) is 0.0286. The summed E-state index contributed by atoms with van der Waals surface area (Å²) in [5.74, 6) is -1.48. The molecule has 0 saturated carbocycles. The average molecular weight is 908 g/mol. The van der Waals surface area contributed by atoms with Crippen LogP contribution >= 0.6 is 0 Å². The summed E-state index contributed by atoms with van der Waals surface area (Å²) in [6, 6.07) is 18.1. The number of benzene rings is 6. The highest BCUT2D eigenvalue weighted by Gasteiger charge is 2.24. The number of hydrogen-bond acceptors (Lipinski definition) is 20. The normalized spacial score (nSPS) is 12.6. The Morgan fingerprint density at radius 2 is 1.05 bits per heavy atom. The molecule has 318 valence electrons. The number of aromatic hydroxyl groups is 3. The average Bonchev–Trinajstić information content (AvgIpc) is 3.20. The number of non-ortho nitro benzene ring substituents is 1. The summed E-state index contributed by atoms with van der Waals surface area (Å²) in [5.41, 5.74) is -2.77. The zero-order chi connectivity index (χ0) is 45.1. The molecule has 62 heavy (non-hydrogen) atoms. The van der Waals surface area contributed by atoms with E-state index in [0.717, 1.165) is 48.5 Å². The van der Waals surface area contributed by atoms with Crippen molar-refractivity contribution in [1.82, 2.24) is 0 Å². The molecule has 0 aliphatic heterocycles. The lowest BCUT2D eigenvalue weighted by Gasteiger charge is -2.10. The van der Waals surface area contributed by atoms with E-state index < -0.39 is 84.2 Å². The van der Waals surface area contributed by atoms with Gasteiger partial charge in [0.1, 0.15) is 60.4 Å². The highest BCUT2D eigenvalue weighted by molar-refractivity contribution is 7.86. The predicted molar refractivity (Wildman–Crippen MR) is 214 cm³/mol. The van der Waals surface area contributed by atoms with E-state index >= 15 is 0 Å². The zero-order valence-corrected chi connectivity index (χ0v) is 33.3. The Bertz CT molecular complexity index is 3270. The minimum Gasteiger partial charge on any atom is -0.508 e. The van der Waals surface area contributed by atoms with E-state index in [0.29, 0.717) is 11.8 Å². The zero-order valence-electron chi connectivity index (χ0n) is 30.8. The number of nitro benzene ring substituents is 1. The van der Waals surface area contributed by atoms with Gasteiger partial charge >= 0.3 is 0 Å². The number of ether oxygens (including phenoxy) is 1. The van der Waals surface area contributed by atoms with Gasteiger partial charge in [-0.15, -0.1) is 25.6 Å². The molecule has 0 unspecified atom stereocenters. The van der Waals surface area contributed by atoms with Crippen LogP contribution in [0.25, 0.3) is 10.8 Å². The second-order valence-corrected chi connectivity index (χ2v) is 16.5. The van der Waals surface area contributed by atoms with E-state index in [1.807, 2.05) is 0 Å². The number of nitro groups is 1. The van der Waals surface area contributed by atoms with Gasteiger partial charge in [0.05, 0.1) is 29.1 Å². The Hall–Kier alpha value is -7.69. The van der Waals surface area contributed by atoms with Crippen LogP contribution in [0.4, 0.5) is 51.2 Å². The Morgan fingerprint density at radius 1 is 0.532 bits per heavy atom. The molecule has 0 saturated heterocycles. The van der Waals surface area contributed by atoms with E-state index in [-0.39, 0.29) is 45.0 Å². The van der Waals surface area contributed by atoms with Crippen molar-refractivity contribution in [1.29, 1.82) is 0 Å². The van der Waals surface area contributed by atoms with Crippen molar-refractivity contribution in [3.63, 3.8) is 0 Å². The van der Waals surface area contributed by atoms with Gasteiger partial charge in [0.2, 0.25) is 0 Å². The fourth-order valence-corrected chi connectivity index (χ4v) is 7.22. The van der Waals surface area contributed by atoms with Crippen molar-refractivity contribution in [2.75, 3.05) is 7.11 Å². The highest BCUT2D eigenvalue weighted by atomic mass is 32.2. The molecule has 6 N–H and O–H groups in total. The predicted octanol–water partition coefficient (Wildman–Crippen LogP) is 9.28. The molecule has 0 heterocycles. The lowest BCUT2D eigenvalue weighted by Crippen LogP contribution is -2.00. The molecule has 6 rings (SSSR count). The lowest BCUT2D eigenvalue weighted by atomic mass is 10.1. The largest absolute Gasteiger partial charge is 0.508 e. The summed E-state index contributed by atoms with van der Waals surface area (Å²) >= 11 is 0. The summed E-state index contributed by atoms with van der Waals surface area (Å²) in [5, 5.41) is 73.3. The van der Waals surface area contributed by atoms with Gasteiger partial charge in [-0.05, 0) is 78.2 Å². The SMILES string of the molecule is COc1cc(N=Nc2c(S(=O)(=O)O)cc3cc(N=Nc4ccc(O)cc4)ccc3c2O)c(O)cc1N=Nc1ccc(N=Nc2ccc([N+](=O)[O-])cc2S(=O)(=O)O)c(S(=O)(=O)O)c1. The molecule has 0 radical (unpaired) electrons. The summed E-state index contributed by atoms with van der Waals surface area (Å²) in [7, 11) is -14.0. The number of fused-ring (bicyclic) bond motifs is 1. The summed E-state index contributed by atoms with van der Waals surface area (Å²) in [4.78, 5) is 7.36. The molecule has 0 atom stereocenters. The van der Waals surface area contributed by atoms with Gasteiger partial charge in [-0.3, -0.25) is 23.8 Å². The van der Waals surface area contributed by atoms with E-state index in [4.69, 9.17) is 4.74 Å². The number of nitrogens with zero attached hydrogens (tertiary/aromatic N) is 9. The van der Waals surface area contributed by atoms with Gasteiger partial charge in [0.15, 0.2) is 5.75 Å². The molecule has 0 spiro atoms. The van der Waals surface area contributed by atoms with Crippen molar-refractivity contribution in [3.05, 3.63) is 107 Å². The Kier molecular flexibility index (Phi) is 12.1. The Labute approximate surface area is 348 Å². The van der Waals surface area contributed by atoms with Crippen LogP contribution in [-0.2, 0) is 30.4 Å². The summed E-state index contributed by atoms with van der Waals surface area (Å²) in [6.45, 7) is 0. The van der Waals surface area contributed by atoms with Crippen LogP contribution in [0.5, 0.6) is 23.0 Å². The quantitative estimate of drug-likeness (QED) is 0.0272. The first-order chi connectivity index (χ1) is 29.1. The van der Waals surface area contributed by atoms with Crippen molar-refractivity contribution in [2.45, 2.75) is 14.7 Å². The van der Waals surface area contributed by atoms with Crippen molar-refractivity contribution >= 4 is 92.3 Å². The van der Waals surface area contributed by atoms with Gasteiger partial charge in [0, 0.05) is 29.7 Å². The molecule has 0 aliphatic rings. The first-order valence-electron chi connectivity index (χ1n) is 16.6. The van der Waals surface area contributed by atoms with Crippen LogP contribution in [0.1, 0.15) is 0 Å². The third-order valence-corrected chi connectivity index (χ3v) is 10.8. The standard InChI is InChI=1S/C35H25N9O15S3/c1-59-30-17-27(41-43-34-33(62(56,57)58)13-18-12-20(4-9-24(18)35(34)47)37-36-19-2-7-23(45)8-3-19)29(46)16-28(30)42-38-21-5-10-25(31(14-21)60(50,51)52)39-40-26-11-6-22(44(48)49)15-32(26)61(53,54)55/h2-17,45-47H,1H3,(H,50,51,52)(H,53,54,55)(H,56,57,58). The molecule has 0 fully saturated rings. The van der Waals surface area contributed by atoms with Gasteiger partial charge in [0.25, 0.3) is 36.0 Å². The van der Waals surface area contributed by atoms with Crippen LogP contribution in [0.15, 0.2) is 153 Å². The lowest BCUT2D eigenvalue weighted by molar-refractivity contribution is -0.385. The molecule has 0 aromatic heterocycles. The Balaban J connectivity index is 1.30. The molecule has 0 amide bonds. The van der Waals surface area contributed by atoms with E-state index in [9.17, 15) is 64.3 Å². The topological polar surface area (TPSA) is 375 Å². The first kappa shape index (κ1) is 43.9. The summed E-state index contributed by atoms with van der Waals surface area (Å²) < 4.78 is 108. The van der Waals surface area contributed by atoms with Crippen molar-refractivity contribution < 1.29 is 63.9 Å². The number of hydrogen-bond donors (Lipinski definition) is 6. The summed E-state index contributed by atoms with van der Waals surface area (Å²) in [6.07, 6.45) is 0. The van der Waals surface area contributed by atoms with E-state index in [1.54, 1.807) is 0 Å². The monoisotopic (exact) mass is 907 g/mol. The molecule has 24 nitrogen and oxygen atoms in total. The smallest absolute Gasteiger partial charge is 0.297 e. The molecule has 6 aromatic rings. The van der Waals surface area contributed by atoms with Crippen LogP contribution in [-0.4, -0.2) is 66.3 Å². The number of phenols is 3. The van der Waals surface area contributed by atoms with Crippen LogP contribution in [0, 0.1) is 10.1 Å². The fourth-order valence-electron chi connectivity index (χ4n) is 5.28. The number of phenolic OH excluding ortho intramolecular Hbond substituents is 3. The Morgan fingerprint density at radius 3 is 1.66 bits per heavy atom. The van der Waals surface area contributed by atoms with Gasteiger partial charge in [-0.1, -0.05) is 0 Å². The van der Waals surface area contributed by atoms with Crippen LogP contribution < -0.4 is 4.74 Å². The molecule has 0 aliphatic carbocycles. The number of azo groups is 4. The minimum atomic E-state index is -5.08.